The van der Waals surface area contributed by atoms with E-state index >= 15 is 0 Å². The van der Waals surface area contributed by atoms with E-state index in [1.165, 1.54) is 23.9 Å². The quantitative estimate of drug-likeness (QED) is 0.422. The van der Waals surface area contributed by atoms with Crippen LogP contribution in [0, 0.1) is 13.8 Å². The van der Waals surface area contributed by atoms with Crippen LogP contribution in [0.5, 0.6) is 0 Å². The van der Waals surface area contributed by atoms with Gasteiger partial charge in [0.25, 0.3) is 5.91 Å². The second-order valence-corrected chi connectivity index (χ2v) is 8.79. The number of hydrogen-bond donors (Lipinski definition) is 3. The van der Waals surface area contributed by atoms with Gasteiger partial charge in [-0.1, -0.05) is 24.3 Å². The highest BCUT2D eigenvalue weighted by molar-refractivity contribution is 8.00. The van der Waals surface area contributed by atoms with Gasteiger partial charge in [0.05, 0.1) is 10.8 Å². The van der Waals surface area contributed by atoms with E-state index in [0.29, 0.717) is 16.9 Å². The van der Waals surface area contributed by atoms with Crippen LogP contribution in [0.15, 0.2) is 71.6 Å². The Balaban J connectivity index is 1.61. The molecule has 6 nitrogen and oxygen atoms in total. The predicted molar refractivity (Wildman–Crippen MR) is 128 cm³/mol. The Labute approximate surface area is 191 Å². The number of carboxylic acid groups (broad SMARTS) is 1. The molecule has 1 atom stereocenters. The number of carbonyl (C=O) groups excluding carboxylic acids is 2. The number of nitrogens with one attached hydrogen (secondary N) is 2. The summed E-state index contributed by atoms with van der Waals surface area (Å²) in [7, 11) is 0. The highest BCUT2D eigenvalue weighted by Gasteiger charge is 2.17. The summed E-state index contributed by atoms with van der Waals surface area (Å²) in [4.78, 5) is 37.1. The van der Waals surface area contributed by atoms with Crippen LogP contribution >= 0.6 is 11.8 Å². The Morgan fingerprint density at radius 2 is 1.56 bits per heavy atom. The summed E-state index contributed by atoms with van der Waals surface area (Å²) in [5, 5.41) is 14.4. The first kappa shape index (κ1) is 23.1. The number of anilines is 2. The topological polar surface area (TPSA) is 95.5 Å². The maximum atomic E-state index is 12.6. The molecule has 0 aliphatic rings. The van der Waals surface area contributed by atoms with Crippen molar-refractivity contribution in [3.63, 3.8) is 0 Å². The number of benzene rings is 3. The van der Waals surface area contributed by atoms with E-state index in [1.807, 2.05) is 44.2 Å². The summed E-state index contributed by atoms with van der Waals surface area (Å²) >= 11 is 1.37. The largest absolute Gasteiger partial charge is 0.478 e. The number of aromatic carboxylic acids is 1. The molecule has 32 heavy (non-hydrogen) atoms. The molecule has 0 saturated heterocycles. The fourth-order valence-electron chi connectivity index (χ4n) is 3.02. The molecule has 0 aromatic heterocycles. The zero-order valence-electron chi connectivity index (χ0n) is 18.0. The standard InChI is InChI=1S/C25H24N2O4S/c1-15-6-4-5-7-21(15)24(29)26-19-10-12-20(13-11-19)32-17(3)23(28)27-22-14-18(25(30)31)9-8-16(22)2/h4-14,17H,1-3H3,(H,26,29)(H,27,28)(H,30,31). The van der Waals surface area contributed by atoms with E-state index < -0.39 is 11.2 Å². The molecule has 3 aromatic rings. The Morgan fingerprint density at radius 1 is 0.875 bits per heavy atom. The first-order valence-corrected chi connectivity index (χ1v) is 10.9. The third-order valence-corrected chi connectivity index (χ3v) is 6.04. The Bertz CT molecular complexity index is 1160. The third-order valence-electron chi connectivity index (χ3n) is 4.93. The number of carboxylic acids is 1. The highest BCUT2D eigenvalue weighted by Crippen LogP contribution is 2.27. The minimum atomic E-state index is -1.04. The second-order valence-electron chi connectivity index (χ2n) is 7.38. The average molecular weight is 449 g/mol. The molecular formula is C25H24N2O4S. The lowest BCUT2D eigenvalue weighted by Gasteiger charge is -2.14. The number of aryl methyl sites for hydroxylation is 2. The first-order chi connectivity index (χ1) is 15.2. The monoisotopic (exact) mass is 448 g/mol. The molecule has 0 radical (unpaired) electrons. The van der Waals surface area contributed by atoms with Crippen LogP contribution in [0.4, 0.5) is 11.4 Å². The van der Waals surface area contributed by atoms with Gasteiger partial charge in [0.15, 0.2) is 0 Å². The Hall–Kier alpha value is -3.58. The fourth-order valence-corrected chi connectivity index (χ4v) is 3.89. The van der Waals surface area contributed by atoms with Crippen molar-refractivity contribution in [1.29, 1.82) is 0 Å². The van der Waals surface area contributed by atoms with Crippen molar-refractivity contribution in [1.82, 2.24) is 0 Å². The summed E-state index contributed by atoms with van der Waals surface area (Å²) in [6.07, 6.45) is 0. The van der Waals surface area contributed by atoms with Crippen LogP contribution in [0.3, 0.4) is 0 Å². The van der Waals surface area contributed by atoms with Gasteiger partial charge in [-0.05, 0) is 74.4 Å². The average Bonchev–Trinajstić information content (AvgIpc) is 2.76. The van der Waals surface area contributed by atoms with Gasteiger partial charge in [-0.3, -0.25) is 9.59 Å². The predicted octanol–water partition coefficient (Wildman–Crippen LogP) is 5.37. The minimum absolute atomic E-state index is 0.120. The number of amides is 2. The van der Waals surface area contributed by atoms with Gasteiger partial charge in [-0.25, -0.2) is 4.79 Å². The molecule has 3 rings (SSSR count). The lowest BCUT2D eigenvalue weighted by Crippen LogP contribution is -2.23. The molecule has 0 bridgehead atoms. The van der Waals surface area contributed by atoms with Crippen LogP contribution < -0.4 is 10.6 Å². The van der Waals surface area contributed by atoms with Gasteiger partial charge in [0.1, 0.15) is 0 Å². The zero-order valence-corrected chi connectivity index (χ0v) is 18.8. The normalized spacial score (nSPS) is 11.5. The number of thioether (sulfide) groups is 1. The Morgan fingerprint density at radius 3 is 2.22 bits per heavy atom. The van der Waals surface area contributed by atoms with Gasteiger partial charge in [0.2, 0.25) is 5.91 Å². The van der Waals surface area contributed by atoms with E-state index in [4.69, 9.17) is 5.11 Å². The summed E-state index contributed by atoms with van der Waals surface area (Å²) in [5.74, 6) is -1.44. The second kappa shape index (κ2) is 10.2. The number of carbonyl (C=O) groups is 3. The van der Waals surface area contributed by atoms with E-state index in [2.05, 4.69) is 10.6 Å². The molecule has 1 unspecified atom stereocenters. The van der Waals surface area contributed by atoms with Gasteiger partial charge in [-0.15, -0.1) is 11.8 Å². The van der Waals surface area contributed by atoms with E-state index in [1.54, 1.807) is 31.2 Å². The van der Waals surface area contributed by atoms with Crippen molar-refractivity contribution < 1.29 is 19.5 Å². The molecule has 0 heterocycles. The molecule has 0 aliphatic carbocycles. The molecule has 0 spiro atoms. The lowest BCUT2D eigenvalue weighted by molar-refractivity contribution is -0.115. The SMILES string of the molecule is Cc1ccc(C(=O)O)cc1NC(=O)C(C)Sc1ccc(NC(=O)c2ccccc2C)cc1. The number of rotatable bonds is 7. The van der Waals surface area contributed by atoms with E-state index in [9.17, 15) is 14.4 Å². The maximum absolute atomic E-state index is 12.6. The maximum Gasteiger partial charge on any atom is 0.335 e. The van der Waals surface area contributed by atoms with Crippen LogP contribution in [-0.2, 0) is 4.79 Å². The van der Waals surface area contributed by atoms with Crippen LogP contribution in [0.2, 0.25) is 0 Å². The number of hydrogen-bond acceptors (Lipinski definition) is 4. The third kappa shape index (κ3) is 5.76. The fraction of sp³-hybridized carbons (Fsp3) is 0.160. The summed E-state index contributed by atoms with van der Waals surface area (Å²) in [6, 6.07) is 19.3. The molecular weight excluding hydrogens is 424 g/mol. The summed E-state index contributed by atoms with van der Waals surface area (Å²) in [6.45, 7) is 5.48. The van der Waals surface area contributed by atoms with Gasteiger partial charge < -0.3 is 15.7 Å². The molecule has 3 N–H and O–H groups in total. The van der Waals surface area contributed by atoms with E-state index in [-0.39, 0.29) is 17.4 Å². The zero-order chi connectivity index (χ0) is 23.3. The van der Waals surface area contributed by atoms with Crippen molar-refractivity contribution >= 4 is 40.9 Å². The van der Waals surface area contributed by atoms with Crippen molar-refractivity contribution in [2.24, 2.45) is 0 Å². The molecule has 2 amide bonds. The van der Waals surface area contributed by atoms with E-state index in [0.717, 1.165) is 16.0 Å². The van der Waals surface area contributed by atoms with Crippen molar-refractivity contribution in [3.05, 3.63) is 89.0 Å². The molecule has 0 fully saturated rings. The summed E-state index contributed by atoms with van der Waals surface area (Å²) in [5.41, 5.74) is 3.58. The van der Waals surface area contributed by atoms with Crippen LogP contribution in [0.25, 0.3) is 0 Å². The molecule has 3 aromatic carbocycles. The molecule has 0 aliphatic heterocycles. The van der Waals surface area contributed by atoms with Gasteiger partial charge >= 0.3 is 5.97 Å². The van der Waals surface area contributed by atoms with Crippen molar-refractivity contribution in [2.45, 2.75) is 30.9 Å². The van der Waals surface area contributed by atoms with Crippen LogP contribution in [-0.4, -0.2) is 28.1 Å². The molecule has 0 saturated carbocycles. The lowest BCUT2D eigenvalue weighted by atomic mass is 10.1. The van der Waals surface area contributed by atoms with Gasteiger partial charge in [0, 0.05) is 21.8 Å². The Kier molecular flexibility index (Phi) is 7.33. The van der Waals surface area contributed by atoms with Crippen LogP contribution in [0.1, 0.15) is 38.8 Å². The smallest absolute Gasteiger partial charge is 0.335 e. The summed E-state index contributed by atoms with van der Waals surface area (Å²) < 4.78 is 0. The molecule has 164 valence electrons. The molecule has 7 heteroatoms. The van der Waals surface area contributed by atoms with Crippen molar-refractivity contribution in [2.75, 3.05) is 10.6 Å². The van der Waals surface area contributed by atoms with Gasteiger partial charge in [-0.2, -0.15) is 0 Å². The van der Waals surface area contributed by atoms with Crippen molar-refractivity contribution in [3.8, 4) is 0 Å². The minimum Gasteiger partial charge on any atom is -0.478 e. The first-order valence-electron chi connectivity index (χ1n) is 10.0. The highest BCUT2D eigenvalue weighted by atomic mass is 32.2.